The number of nitrogens with one attached hydrogen (secondary N) is 1. The fraction of sp³-hybridized carbons (Fsp3) is 0.500. The van der Waals surface area contributed by atoms with Gasteiger partial charge in [0.05, 0.1) is 17.4 Å². The number of carbonyl (C=O) groups is 2. The summed E-state index contributed by atoms with van der Waals surface area (Å²) in [6.45, 7) is 8.56. The van der Waals surface area contributed by atoms with E-state index in [4.69, 9.17) is 10.2 Å². The summed E-state index contributed by atoms with van der Waals surface area (Å²) in [5, 5.41) is 3.44. The van der Waals surface area contributed by atoms with Crippen molar-refractivity contribution >= 4 is 28.2 Å². The van der Waals surface area contributed by atoms with Crippen LogP contribution < -0.4 is 11.1 Å². The Morgan fingerprint density at radius 1 is 1.42 bits per heavy atom. The molecule has 2 aromatic heterocycles. The maximum absolute atomic E-state index is 12.5. The summed E-state index contributed by atoms with van der Waals surface area (Å²) in [6.07, 6.45) is 5.40. The molecule has 0 bridgehead atoms. The lowest BCUT2D eigenvalue weighted by atomic mass is 9.69. The third-order valence-electron chi connectivity index (χ3n) is 5.86. The molecule has 5 nitrogen and oxygen atoms in total. The summed E-state index contributed by atoms with van der Waals surface area (Å²) in [6, 6.07) is 1.63. The predicted octanol–water partition coefficient (Wildman–Crippen LogP) is 4.54. The number of aryl methyl sites for hydroxylation is 1. The Balaban J connectivity index is 1.92. The first-order chi connectivity index (χ1) is 12.2. The largest absolute Gasteiger partial charge is 0.469 e. The normalized spacial score (nSPS) is 17.0. The van der Waals surface area contributed by atoms with Crippen molar-refractivity contribution in [1.29, 1.82) is 0 Å². The molecule has 26 heavy (non-hydrogen) atoms. The van der Waals surface area contributed by atoms with Crippen LogP contribution in [0.1, 0.15) is 70.5 Å². The van der Waals surface area contributed by atoms with Gasteiger partial charge >= 0.3 is 0 Å². The zero-order valence-corrected chi connectivity index (χ0v) is 16.6. The molecule has 1 aliphatic rings. The molecule has 6 heteroatoms. The fourth-order valence-electron chi connectivity index (χ4n) is 3.68. The van der Waals surface area contributed by atoms with Crippen molar-refractivity contribution in [3.8, 4) is 0 Å². The molecule has 0 aromatic carbocycles. The van der Waals surface area contributed by atoms with Crippen LogP contribution in [-0.2, 0) is 12.8 Å². The standard InChI is InChI=1S/C20H26N2O3S/c1-5-20(3,4)12-6-7-14-15(10-12)26-19(16(14)17(21)23)22-18(24)13-8-9-25-11(13)2/h8-9,12H,5-7,10H2,1-4H3,(H2,21,23)(H,22,24)/t12-/m1/s1. The zero-order chi connectivity index (χ0) is 19.1. The minimum Gasteiger partial charge on any atom is -0.469 e. The summed E-state index contributed by atoms with van der Waals surface area (Å²) >= 11 is 1.49. The highest BCUT2D eigenvalue weighted by Gasteiger charge is 2.35. The van der Waals surface area contributed by atoms with E-state index in [1.165, 1.54) is 22.5 Å². The Bertz CT molecular complexity index is 847. The maximum Gasteiger partial charge on any atom is 0.259 e. The van der Waals surface area contributed by atoms with Crippen molar-refractivity contribution in [3.63, 3.8) is 0 Å². The van der Waals surface area contributed by atoms with Gasteiger partial charge in [0.25, 0.3) is 11.8 Å². The van der Waals surface area contributed by atoms with Crippen LogP contribution in [0.3, 0.4) is 0 Å². The van der Waals surface area contributed by atoms with Crippen LogP contribution in [-0.4, -0.2) is 11.8 Å². The van der Waals surface area contributed by atoms with Crippen LogP contribution in [0.4, 0.5) is 5.00 Å². The smallest absolute Gasteiger partial charge is 0.259 e. The lowest BCUT2D eigenvalue weighted by Crippen LogP contribution is -2.29. The lowest BCUT2D eigenvalue weighted by Gasteiger charge is -2.36. The van der Waals surface area contributed by atoms with E-state index in [0.29, 0.717) is 27.8 Å². The highest BCUT2D eigenvalue weighted by Crippen LogP contribution is 2.45. The van der Waals surface area contributed by atoms with E-state index >= 15 is 0 Å². The van der Waals surface area contributed by atoms with Gasteiger partial charge in [-0.15, -0.1) is 11.3 Å². The minimum atomic E-state index is -0.477. The van der Waals surface area contributed by atoms with E-state index in [0.717, 1.165) is 31.2 Å². The Labute approximate surface area is 158 Å². The van der Waals surface area contributed by atoms with Gasteiger partial charge in [0.1, 0.15) is 10.8 Å². The molecule has 2 amide bonds. The summed E-state index contributed by atoms with van der Waals surface area (Å²) < 4.78 is 5.20. The van der Waals surface area contributed by atoms with E-state index in [-0.39, 0.29) is 11.3 Å². The second-order valence-electron chi connectivity index (χ2n) is 7.70. The number of primary amides is 1. The van der Waals surface area contributed by atoms with Gasteiger partial charge in [-0.25, -0.2) is 0 Å². The van der Waals surface area contributed by atoms with Gasteiger partial charge in [0, 0.05) is 4.88 Å². The van der Waals surface area contributed by atoms with E-state index < -0.39 is 5.91 Å². The number of amides is 2. The van der Waals surface area contributed by atoms with Gasteiger partial charge in [-0.2, -0.15) is 0 Å². The van der Waals surface area contributed by atoms with Crippen LogP contribution in [0.25, 0.3) is 0 Å². The molecule has 1 aliphatic carbocycles. The van der Waals surface area contributed by atoms with Crippen molar-refractivity contribution in [2.75, 3.05) is 5.32 Å². The summed E-state index contributed by atoms with van der Waals surface area (Å²) in [4.78, 5) is 25.8. The molecule has 2 heterocycles. The van der Waals surface area contributed by atoms with E-state index in [1.807, 2.05) is 0 Å². The Morgan fingerprint density at radius 3 is 2.73 bits per heavy atom. The van der Waals surface area contributed by atoms with Gasteiger partial charge < -0.3 is 15.5 Å². The molecular weight excluding hydrogens is 348 g/mol. The predicted molar refractivity (Wildman–Crippen MR) is 104 cm³/mol. The van der Waals surface area contributed by atoms with Gasteiger partial charge in [-0.05, 0) is 49.1 Å². The lowest BCUT2D eigenvalue weighted by molar-refractivity contribution is 0.0999. The average molecular weight is 375 g/mol. The van der Waals surface area contributed by atoms with E-state index in [2.05, 4.69) is 26.1 Å². The van der Waals surface area contributed by atoms with Gasteiger partial charge in [-0.1, -0.05) is 27.2 Å². The second-order valence-corrected chi connectivity index (χ2v) is 8.80. The SMILES string of the molecule is CCC(C)(C)[C@@H]1CCc2c(sc(NC(=O)c3ccoc3C)c2C(N)=O)C1. The van der Waals surface area contributed by atoms with Crippen molar-refractivity contribution in [2.45, 2.75) is 53.4 Å². The topological polar surface area (TPSA) is 85.3 Å². The number of furan rings is 1. The number of nitrogens with two attached hydrogens (primary N) is 1. The number of anilines is 1. The zero-order valence-electron chi connectivity index (χ0n) is 15.8. The monoisotopic (exact) mass is 374 g/mol. The van der Waals surface area contributed by atoms with Crippen LogP contribution in [0, 0.1) is 18.3 Å². The number of hydrogen-bond donors (Lipinski definition) is 2. The molecule has 2 aromatic rings. The first-order valence-corrected chi connectivity index (χ1v) is 9.86. The molecule has 0 radical (unpaired) electrons. The number of rotatable bonds is 5. The molecule has 0 spiro atoms. The molecule has 0 saturated carbocycles. The summed E-state index contributed by atoms with van der Waals surface area (Å²) in [5.74, 6) is 0.367. The quantitative estimate of drug-likeness (QED) is 0.805. The van der Waals surface area contributed by atoms with Crippen LogP contribution in [0.15, 0.2) is 16.7 Å². The Morgan fingerprint density at radius 2 is 2.15 bits per heavy atom. The fourth-order valence-corrected chi connectivity index (χ4v) is 5.01. The minimum absolute atomic E-state index is 0.256. The molecule has 140 valence electrons. The highest BCUT2D eigenvalue weighted by atomic mass is 32.1. The first-order valence-electron chi connectivity index (χ1n) is 9.04. The van der Waals surface area contributed by atoms with Crippen LogP contribution in [0.2, 0.25) is 0 Å². The molecule has 3 N–H and O–H groups in total. The molecule has 1 atom stereocenters. The highest BCUT2D eigenvalue weighted by molar-refractivity contribution is 7.17. The van der Waals surface area contributed by atoms with E-state index in [9.17, 15) is 9.59 Å². The van der Waals surface area contributed by atoms with Gasteiger partial charge in [0.15, 0.2) is 0 Å². The van der Waals surface area contributed by atoms with Crippen molar-refractivity contribution in [2.24, 2.45) is 17.1 Å². The van der Waals surface area contributed by atoms with Gasteiger partial charge in [-0.3, -0.25) is 9.59 Å². The van der Waals surface area contributed by atoms with Crippen molar-refractivity contribution in [3.05, 3.63) is 39.7 Å². The van der Waals surface area contributed by atoms with Gasteiger partial charge in [0.2, 0.25) is 0 Å². The number of fused-ring (bicyclic) bond motifs is 1. The number of carbonyl (C=O) groups excluding carboxylic acids is 2. The average Bonchev–Trinajstić information content (AvgIpc) is 3.16. The molecule has 3 rings (SSSR count). The molecule has 0 saturated heterocycles. The second kappa shape index (κ2) is 6.91. The number of thiophene rings is 1. The van der Waals surface area contributed by atoms with Crippen LogP contribution >= 0.6 is 11.3 Å². The Hall–Kier alpha value is -2.08. The third-order valence-corrected chi connectivity index (χ3v) is 7.03. The van der Waals surface area contributed by atoms with E-state index in [1.54, 1.807) is 13.0 Å². The molecule has 0 unspecified atom stereocenters. The van der Waals surface area contributed by atoms with Crippen LogP contribution in [0.5, 0.6) is 0 Å². The molecular formula is C20H26N2O3S. The maximum atomic E-state index is 12.5. The number of hydrogen-bond acceptors (Lipinski definition) is 4. The molecule has 0 aliphatic heterocycles. The first kappa shape index (κ1) is 18.7. The van der Waals surface area contributed by atoms with Crippen molar-refractivity contribution < 1.29 is 14.0 Å². The molecule has 0 fully saturated rings. The summed E-state index contributed by atoms with van der Waals surface area (Å²) in [7, 11) is 0. The third kappa shape index (κ3) is 3.30. The van der Waals surface area contributed by atoms with Crippen molar-refractivity contribution in [1.82, 2.24) is 0 Å². The summed E-state index contributed by atoms with van der Waals surface area (Å²) in [5.41, 5.74) is 7.87. The Kier molecular flexibility index (Phi) is 4.97.